The molecule has 0 N–H and O–H groups in total. The van der Waals surface area contributed by atoms with Crippen LogP contribution >= 0.6 is 0 Å². The van der Waals surface area contributed by atoms with E-state index in [0.717, 1.165) is 31.2 Å². The van der Waals surface area contributed by atoms with Crippen molar-refractivity contribution in [2.24, 2.45) is 11.8 Å². The number of aryl methyl sites for hydroxylation is 1. The van der Waals surface area contributed by atoms with Gasteiger partial charge in [0.1, 0.15) is 5.60 Å². The normalized spacial score (nSPS) is 14.4. The minimum Gasteiger partial charge on any atom is -0.460 e. The average Bonchev–Trinajstić information content (AvgIpc) is 2.58. The van der Waals surface area contributed by atoms with Crippen molar-refractivity contribution in [2.45, 2.75) is 90.6 Å². The van der Waals surface area contributed by atoms with Crippen molar-refractivity contribution in [3.63, 3.8) is 0 Å². The topological polar surface area (TPSA) is 69.7 Å². The number of esters is 1. The second-order valence-corrected chi connectivity index (χ2v) is 10.7. The Hall–Kier alpha value is -1.40. The standard InChI is InChI=1S/C23H38O5S/c1-7-8-9-10-19(3)15-20(16-22(24)28-23(4,5)6)17-27-29(25,26)21-13-11-18(2)12-14-21/h11-14,19-20H,7-10,15-17H2,1-6H3/t19-,20-/m0/s1. The lowest BCUT2D eigenvalue weighted by Crippen LogP contribution is -2.27. The molecule has 0 amide bonds. The molecule has 0 aliphatic rings. The fourth-order valence-corrected chi connectivity index (χ4v) is 4.19. The molecule has 0 saturated carbocycles. The van der Waals surface area contributed by atoms with Crippen molar-refractivity contribution in [1.29, 1.82) is 0 Å². The Morgan fingerprint density at radius 1 is 1.10 bits per heavy atom. The molecule has 0 unspecified atom stereocenters. The third kappa shape index (κ3) is 10.8. The van der Waals surface area contributed by atoms with Gasteiger partial charge in [-0.3, -0.25) is 8.98 Å². The van der Waals surface area contributed by atoms with Gasteiger partial charge < -0.3 is 4.74 Å². The molecule has 0 heterocycles. The van der Waals surface area contributed by atoms with E-state index in [9.17, 15) is 13.2 Å². The first-order valence-corrected chi connectivity index (χ1v) is 12.0. The van der Waals surface area contributed by atoms with E-state index in [1.54, 1.807) is 24.3 Å². The highest BCUT2D eigenvalue weighted by Crippen LogP contribution is 2.24. The van der Waals surface area contributed by atoms with E-state index < -0.39 is 15.7 Å². The summed E-state index contributed by atoms with van der Waals surface area (Å²) in [4.78, 5) is 12.5. The summed E-state index contributed by atoms with van der Waals surface area (Å²) in [7, 11) is -3.85. The lowest BCUT2D eigenvalue weighted by atomic mass is 9.90. The number of hydrogen-bond donors (Lipinski definition) is 0. The van der Waals surface area contributed by atoms with Crippen LogP contribution in [0, 0.1) is 18.8 Å². The molecule has 2 atom stereocenters. The van der Waals surface area contributed by atoms with Gasteiger partial charge in [0.05, 0.1) is 17.9 Å². The maximum atomic E-state index is 12.5. The van der Waals surface area contributed by atoms with Crippen LogP contribution in [0.4, 0.5) is 0 Å². The molecule has 29 heavy (non-hydrogen) atoms. The Balaban J connectivity index is 2.78. The largest absolute Gasteiger partial charge is 0.460 e. The maximum Gasteiger partial charge on any atom is 0.306 e. The maximum absolute atomic E-state index is 12.5. The monoisotopic (exact) mass is 426 g/mol. The van der Waals surface area contributed by atoms with Gasteiger partial charge in [0, 0.05) is 0 Å². The number of carbonyl (C=O) groups excluding carboxylic acids is 1. The molecule has 1 rings (SSSR count). The molecule has 166 valence electrons. The molecular weight excluding hydrogens is 388 g/mol. The van der Waals surface area contributed by atoms with Gasteiger partial charge in [0.15, 0.2) is 0 Å². The molecule has 0 aliphatic heterocycles. The highest BCUT2D eigenvalue weighted by atomic mass is 32.2. The molecule has 0 aromatic heterocycles. The lowest BCUT2D eigenvalue weighted by Gasteiger charge is -2.24. The van der Waals surface area contributed by atoms with Crippen LogP contribution in [-0.4, -0.2) is 26.6 Å². The van der Waals surface area contributed by atoms with E-state index in [1.165, 1.54) is 6.42 Å². The average molecular weight is 427 g/mol. The molecule has 6 heteroatoms. The van der Waals surface area contributed by atoms with Gasteiger partial charge in [-0.1, -0.05) is 57.2 Å². The SMILES string of the molecule is CCCCC[C@H](C)C[C@H](COS(=O)(=O)c1ccc(C)cc1)CC(=O)OC(C)(C)C. The summed E-state index contributed by atoms with van der Waals surface area (Å²) >= 11 is 0. The lowest BCUT2D eigenvalue weighted by molar-refractivity contribution is -0.156. The summed E-state index contributed by atoms with van der Waals surface area (Å²) in [5.41, 5.74) is 0.413. The van der Waals surface area contributed by atoms with E-state index in [0.29, 0.717) is 5.92 Å². The summed E-state index contributed by atoms with van der Waals surface area (Å²) in [6.07, 6.45) is 5.42. The highest BCUT2D eigenvalue weighted by Gasteiger charge is 2.25. The van der Waals surface area contributed by atoms with Gasteiger partial charge in [-0.25, -0.2) is 0 Å². The molecule has 0 bridgehead atoms. The molecule has 0 spiro atoms. The van der Waals surface area contributed by atoms with Crippen molar-refractivity contribution in [2.75, 3.05) is 6.61 Å². The van der Waals surface area contributed by atoms with Crippen LogP contribution in [0.1, 0.15) is 78.7 Å². The summed E-state index contributed by atoms with van der Waals surface area (Å²) in [6.45, 7) is 11.7. The fraction of sp³-hybridized carbons (Fsp3) is 0.696. The molecule has 0 radical (unpaired) electrons. The zero-order valence-corrected chi connectivity index (χ0v) is 19.7. The van der Waals surface area contributed by atoms with Crippen molar-refractivity contribution in [3.8, 4) is 0 Å². The van der Waals surface area contributed by atoms with Crippen molar-refractivity contribution in [1.82, 2.24) is 0 Å². The van der Waals surface area contributed by atoms with Crippen molar-refractivity contribution < 1.29 is 22.1 Å². The van der Waals surface area contributed by atoms with Gasteiger partial charge in [-0.05, 0) is 58.1 Å². The number of rotatable bonds is 12. The van der Waals surface area contributed by atoms with Crippen LogP contribution in [0.2, 0.25) is 0 Å². The third-order valence-corrected chi connectivity index (χ3v) is 5.98. The zero-order valence-electron chi connectivity index (χ0n) is 18.9. The first-order valence-electron chi connectivity index (χ1n) is 10.6. The summed E-state index contributed by atoms with van der Waals surface area (Å²) in [5, 5.41) is 0. The molecule has 0 aliphatic carbocycles. The second-order valence-electron chi connectivity index (χ2n) is 9.04. The van der Waals surface area contributed by atoms with Crippen LogP contribution in [0.3, 0.4) is 0 Å². The van der Waals surface area contributed by atoms with E-state index in [1.807, 2.05) is 27.7 Å². The van der Waals surface area contributed by atoms with E-state index in [-0.39, 0.29) is 29.8 Å². The predicted molar refractivity (Wildman–Crippen MR) is 116 cm³/mol. The Labute approximate surface area is 177 Å². The van der Waals surface area contributed by atoms with Gasteiger partial charge in [-0.2, -0.15) is 8.42 Å². The van der Waals surface area contributed by atoms with Crippen LogP contribution < -0.4 is 0 Å². The highest BCUT2D eigenvalue weighted by molar-refractivity contribution is 7.86. The molecule has 1 aromatic rings. The Bertz CT molecular complexity index is 717. The molecule has 0 saturated heterocycles. The van der Waals surface area contributed by atoms with Crippen molar-refractivity contribution >= 4 is 16.1 Å². The third-order valence-electron chi connectivity index (χ3n) is 4.68. The van der Waals surface area contributed by atoms with Crippen LogP contribution in [0.25, 0.3) is 0 Å². The Morgan fingerprint density at radius 2 is 1.72 bits per heavy atom. The van der Waals surface area contributed by atoms with E-state index in [2.05, 4.69) is 13.8 Å². The predicted octanol–water partition coefficient (Wildman–Crippen LogP) is 5.65. The van der Waals surface area contributed by atoms with Gasteiger partial charge in [0.25, 0.3) is 10.1 Å². The number of hydrogen-bond acceptors (Lipinski definition) is 5. The Morgan fingerprint density at radius 3 is 2.28 bits per heavy atom. The first kappa shape index (κ1) is 25.6. The second kappa shape index (κ2) is 11.7. The number of benzene rings is 1. The summed E-state index contributed by atoms with van der Waals surface area (Å²) < 4.78 is 35.8. The number of ether oxygens (including phenoxy) is 1. The van der Waals surface area contributed by atoms with E-state index in [4.69, 9.17) is 8.92 Å². The van der Waals surface area contributed by atoms with Crippen LogP contribution in [0.15, 0.2) is 29.2 Å². The minimum atomic E-state index is -3.85. The van der Waals surface area contributed by atoms with Crippen molar-refractivity contribution in [3.05, 3.63) is 29.8 Å². The molecule has 1 aromatic carbocycles. The van der Waals surface area contributed by atoms with Gasteiger partial charge >= 0.3 is 5.97 Å². The fourth-order valence-electron chi connectivity index (χ4n) is 3.22. The molecule has 0 fully saturated rings. The zero-order chi connectivity index (χ0) is 22.1. The summed E-state index contributed by atoms with van der Waals surface area (Å²) in [6, 6.07) is 6.57. The quantitative estimate of drug-likeness (QED) is 0.245. The molecular formula is C23H38O5S. The van der Waals surface area contributed by atoms with Crippen LogP contribution in [0.5, 0.6) is 0 Å². The van der Waals surface area contributed by atoms with Gasteiger partial charge in [0.2, 0.25) is 0 Å². The number of unbranched alkanes of at least 4 members (excludes halogenated alkanes) is 2. The van der Waals surface area contributed by atoms with E-state index >= 15 is 0 Å². The van der Waals surface area contributed by atoms with Crippen LogP contribution in [-0.2, 0) is 23.8 Å². The smallest absolute Gasteiger partial charge is 0.306 e. The molecule has 5 nitrogen and oxygen atoms in total. The first-order chi connectivity index (χ1) is 13.4. The number of carbonyl (C=O) groups is 1. The Kier molecular flexibility index (Phi) is 10.3. The minimum absolute atomic E-state index is 0.0203. The summed E-state index contributed by atoms with van der Waals surface area (Å²) in [5.74, 6) is -0.138. The van der Waals surface area contributed by atoms with Gasteiger partial charge in [-0.15, -0.1) is 0 Å².